The van der Waals surface area contributed by atoms with Crippen molar-refractivity contribution in [1.82, 2.24) is 10.1 Å². The molecule has 0 aromatic carbocycles. The van der Waals surface area contributed by atoms with E-state index in [0.29, 0.717) is 12.1 Å². The molecule has 112 valence electrons. The van der Waals surface area contributed by atoms with E-state index in [9.17, 15) is 0 Å². The Hall–Kier alpha value is -1.04. The van der Waals surface area contributed by atoms with Crippen molar-refractivity contribution in [2.45, 2.75) is 44.7 Å². The highest BCUT2D eigenvalue weighted by atomic mass is 35.5. The van der Waals surface area contributed by atoms with Crippen LogP contribution in [0.5, 0.6) is 0 Å². The van der Waals surface area contributed by atoms with Gasteiger partial charge in [-0.3, -0.25) is 5.10 Å². The molecule has 2 heterocycles. The van der Waals surface area contributed by atoms with Crippen molar-refractivity contribution in [2.75, 3.05) is 5.32 Å². The minimum absolute atomic E-state index is 0. The number of aromatic amines is 1. The first-order valence-corrected chi connectivity index (χ1v) is 6.69. The molecule has 1 saturated carbocycles. The maximum atomic E-state index is 4.48. The molecule has 0 radical (unpaired) electrons. The molecule has 5 nitrogen and oxygen atoms in total. The Bertz CT molecular complexity index is 549. The Morgan fingerprint density at radius 3 is 2.70 bits per heavy atom. The van der Waals surface area contributed by atoms with Crippen molar-refractivity contribution in [3.63, 3.8) is 0 Å². The second kappa shape index (κ2) is 7.11. The third-order valence-corrected chi connectivity index (χ3v) is 3.74. The highest BCUT2D eigenvalue weighted by Crippen LogP contribution is 2.19. The van der Waals surface area contributed by atoms with Crippen molar-refractivity contribution >= 4 is 11.5 Å². The first-order valence-electron chi connectivity index (χ1n) is 6.69. The van der Waals surface area contributed by atoms with Crippen molar-refractivity contribution < 1.29 is 35.1 Å². The predicted molar refractivity (Wildman–Crippen MR) is 69.0 cm³/mol. The zero-order valence-electron chi connectivity index (χ0n) is 11.6. The summed E-state index contributed by atoms with van der Waals surface area (Å²) >= 11 is 0. The molecule has 5 N–H and O–H groups in total. The smallest absolute Gasteiger partial charge is 0.286 e. The second-order valence-electron chi connectivity index (χ2n) is 5.30. The summed E-state index contributed by atoms with van der Waals surface area (Å²) < 4.78 is 2.00. The molecule has 1 aliphatic rings. The lowest BCUT2D eigenvalue weighted by Gasteiger charge is -2.23. The van der Waals surface area contributed by atoms with Crippen molar-refractivity contribution in [1.29, 1.82) is 0 Å². The average molecular weight is 318 g/mol. The fourth-order valence-electron chi connectivity index (χ4n) is 2.70. The lowest BCUT2D eigenvalue weighted by molar-refractivity contribution is -0.564. The fourth-order valence-corrected chi connectivity index (χ4v) is 2.70. The molecular formula is C13H21Cl2N5. The standard InChI is InChI=1S/C13H19N5.2ClH/c1-9-8-13(18-12(16-9)6-7-15-18)17-11-4-2-10(14)3-5-11;;/h6-8,10-11H,2-5,14H2,1H3,(H,15,16,17);2*1H. The molecule has 0 bridgehead atoms. The molecule has 0 spiro atoms. The minimum Gasteiger partial charge on any atom is -1.00 e. The van der Waals surface area contributed by atoms with Gasteiger partial charge in [0.1, 0.15) is 5.69 Å². The van der Waals surface area contributed by atoms with Gasteiger partial charge in [-0.15, -0.1) is 9.50 Å². The maximum absolute atomic E-state index is 4.48. The van der Waals surface area contributed by atoms with Crippen LogP contribution in [0.1, 0.15) is 31.4 Å². The zero-order valence-corrected chi connectivity index (χ0v) is 13.1. The Labute approximate surface area is 131 Å². The number of hydrogen-bond donors (Lipinski definition) is 3. The van der Waals surface area contributed by atoms with Gasteiger partial charge in [0.15, 0.2) is 0 Å². The lowest BCUT2D eigenvalue weighted by Crippen LogP contribution is -3.00. The fraction of sp³-hybridized carbons (Fsp3) is 0.538. The quantitative estimate of drug-likeness (QED) is 0.483. The number of nitrogens with zero attached hydrogens (tertiary/aromatic N) is 2. The van der Waals surface area contributed by atoms with E-state index < -0.39 is 0 Å². The molecule has 0 unspecified atom stereocenters. The number of halogens is 2. The summed E-state index contributed by atoms with van der Waals surface area (Å²) in [6, 6.07) is 5.29. The maximum Gasteiger partial charge on any atom is 0.286 e. The number of anilines is 1. The van der Waals surface area contributed by atoms with Gasteiger partial charge in [-0.05, 0) is 19.8 Å². The van der Waals surface area contributed by atoms with Crippen LogP contribution in [-0.2, 0) is 0 Å². The van der Waals surface area contributed by atoms with Crippen LogP contribution in [-0.4, -0.2) is 22.2 Å². The summed E-state index contributed by atoms with van der Waals surface area (Å²) in [5.41, 5.74) is 6.15. The summed E-state index contributed by atoms with van der Waals surface area (Å²) in [6.07, 6.45) is 6.77. The normalized spacial score (nSPS) is 21.9. The number of H-pyrrole nitrogens is 1. The van der Waals surface area contributed by atoms with E-state index in [-0.39, 0.29) is 24.8 Å². The van der Waals surface area contributed by atoms with Gasteiger partial charge in [-0.1, -0.05) is 0 Å². The van der Waals surface area contributed by atoms with Gasteiger partial charge in [0, 0.05) is 25.1 Å². The number of rotatable bonds is 2. The number of hydrogen-bond acceptors (Lipinski definition) is 2. The van der Waals surface area contributed by atoms with Crippen molar-refractivity contribution in [3.8, 4) is 0 Å². The van der Waals surface area contributed by atoms with Gasteiger partial charge >= 0.3 is 0 Å². The van der Waals surface area contributed by atoms with E-state index in [1.807, 2.05) is 23.7 Å². The summed E-state index contributed by atoms with van der Waals surface area (Å²) in [5.74, 6) is 1.11. The summed E-state index contributed by atoms with van der Waals surface area (Å²) in [4.78, 5) is 4.48. The molecule has 0 amide bonds. The number of aromatic nitrogens is 3. The van der Waals surface area contributed by atoms with Gasteiger partial charge in [0.05, 0.1) is 18.2 Å². The number of quaternary nitrogens is 1. The largest absolute Gasteiger partial charge is 1.00 e. The van der Waals surface area contributed by atoms with Crippen LogP contribution in [0.4, 0.5) is 5.82 Å². The summed E-state index contributed by atoms with van der Waals surface area (Å²) in [7, 11) is 0. The molecule has 2 aromatic rings. The van der Waals surface area contributed by atoms with Gasteiger partial charge < -0.3 is 35.9 Å². The van der Waals surface area contributed by atoms with Crippen LogP contribution >= 0.6 is 0 Å². The van der Waals surface area contributed by atoms with E-state index in [0.717, 1.165) is 17.2 Å². The van der Waals surface area contributed by atoms with Crippen molar-refractivity contribution in [3.05, 3.63) is 24.0 Å². The van der Waals surface area contributed by atoms with E-state index in [1.54, 1.807) is 0 Å². The number of aryl methyl sites for hydroxylation is 1. The topological polar surface area (TPSA) is 72.5 Å². The Morgan fingerprint density at radius 2 is 2.00 bits per heavy atom. The van der Waals surface area contributed by atoms with Gasteiger partial charge in [0.2, 0.25) is 5.82 Å². The van der Waals surface area contributed by atoms with Gasteiger partial charge in [0.25, 0.3) is 5.65 Å². The summed E-state index contributed by atoms with van der Waals surface area (Å²) in [5, 5.41) is 6.83. The molecule has 20 heavy (non-hydrogen) atoms. The molecular weight excluding hydrogens is 297 g/mol. The second-order valence-corrected chi connectivity index (χ2v) is 5.30. The highest BCUT2D eigenvalue weighted by molar-refractivity contribution is 5.38. The van der Waals surface area contributed by atoms with E-state index in [2.05, 4.69) is 27.2 Å². The molecule has 1 fully saturated rings. The third-order valence-electron chi connectivity index (χ3n) is 3.74. The first-order chi connectivity index (χ1) is 8.72. The first kappa shape index (κ1) is 17.0. The third kappa shape index (κ3) is 3.53. The zero-order chi connectivity index (χ0) is 12.5. The molecule has 2 aromatic heterocycles. The van der Waals surface area contributed by atoms with E-state index in [4.69, 9.17) is 0 Å². The monoisotopic (exact) mass is 317 g/mol. The molecule has 3 rings (SSSR count). The molecule has 0 saturated heterocycles. The lowest BCUT2D eigenvalue weighted by atomic mass is 9.92. The number of fused-ring (bicyclic) bond motifs is 1. The average Bonchev–Trinajstić information content (AvgIpc) is 2.80. The van der Waals surface area contributed by atoms with Crippen LogP contribution in [0.3, 0.4) is 0 Å². The van der Waals surface area contributed by atoms with Crippen molar-refractivity contribution in [2.24, 2.45) is 0 Å². The predicted octanol–water partition coefficient (Wildman–Crippen LogP) is -5.57. The van der Waals surface area contributed by atoms with Crippen LogP contribution in [0.25, 0.3) is 5.65 Å². The highest BCUT2D eigenvalue weighted by Gasteiger charge is 2.24. The number of nitrogens with one attached hydrogen (secondary N) is 2. The van der Waals surface area contributed by atoms with Crippen LogP contribution in [0.15, 0.2) is 18.3 Å². The minimum atomic E-state index is 0. The molecule has 0 atom stereocenters. The van der Waals surface area contributed by atoms with E-state index in [1.165, 1.54) is 25.7 Å². The Morgan fingerprint density at radius 1 is 1.30 bits per heavy atom. The van der Waals surface area contributed by atoms with Crippen LogP contribution in [0, 0.1) is 6.92 Å². The van der Waals surface area contributed by atoms with Crippen LogP contribution < -0.4 is 40.4 Å². The van der Waals surface area contributed by atoms with Gasteiger partial charge in [-0.2, -0.15) is 0 Å². The Balaban J connectivity index is 0.000001000. The van der Waals surface area contributed by atoms with Crippen LogP contribution in [0.2, 0.25) is 0 Å². The van der Waals surface area contributed by atoms with Gasteiger partial charge in [-0.25, -0.2) is 0 Å². The molecule has 1 aliphatic carbocycles. The van der Waals surface area contributed by atoms with E-state index >= 15 is 0 Å². The molecule has 0 aliphatic heterocycles. The molecule has 7 heteroatoms. The summed E-state index contributed by atoms with van der Waals surface area (Å²) in [6.45, 7) is 2.03. The SMILES string of the molecule is Cc1cc(NC2CCC([NH3+])CC2)[n+]2[nH]ccc2n1.[Cl-].[Cl-]. The Kier molecular flexibility index (Phi) is 6.05.